The van der Waals surface area contributed by atoms with Crippen LogP contribution in [0.5, 0.6) is 0 Å². The summed E-state index contributed by atoms with van der Waals surface area (Å²) in [5.74, 6) is 0.906. The van der Waals surface area contributed by atoms with E-state index in [1.54, 1.807) is 0 Å². The van der Waals surface area contributed by atoms with Crippen LogP contribution in [0.25, 0.3) is 10.8 Å². The average molecular weight is 412 g/mol. The van der Waals surface area contributed by atoms with Gasteiger partial charge in [-0.2, -0.15) is 0 Å². The number of thiocarbonyl (C=S) groups is 1. The maximum absolute atomic E-state index is 12.4. The minimum absolute atomic E-state index is 0.0448. The van der Waals surface area contributed by atoms with Crippen LogP contribution in [-0.2, 0) is 4.79 Å². The Kier molecular flexibility index (Phi) is 7.20. The molecule has 3 atom stereocenters. The zero-order valence-electron chi connectivity index (χ0n) is 17.0. The molecule has 1 aliphatic carbocycles. The third-order valence-corrected chi connectivity index (χ3v) is 6.21. The molecule has 1 saturated carbocycles. The number of nitrogens with one attached hydrogen (secondary N) is 3. The highest BCUT2D eigenvalue weighted by atomic mass is 32.1. The minimum atomic E-state index is -0.256. The first-order chi connectivity index (χ1) is 13.9. The second-order valence-electron chi connectivity index (χ2n) is 8.01. The van der Waals surface area contributed by atoms with Crippen LogP contribution in [0.2, 0.25) is 0 Å². The molecule has 29 heavy (non-hydrogen) atoms. The summed E-state index contributed by atoms with van der Waals surface area (Å²) in [6, 6.07) is 13.8. The molecular formula is C23H29N3O2S. The van der Waals surface area contributed by atoms with Crippen molar-refractivity contribution in [2.75, 3.05) is 0 Å². The molecule has 1 aliphatic rings. The minimum Gasteiger partial charge on any atom is -0.358 e. The Hall–Kier alpha value is -2.47. The first-order valence-corrected chi connectivity index (χ1v) is 10.7. The molecule has 0 unspecified atom stereocenters. The summed E-state index contributed by atoms with van der Waals surface area (Å²) >= 11 is 5.30. The van der Waals surface area contributed by atoms with Crippen molar-refractivity contribution in [2.24, 2.45) is 11.8 Å². The number of carbonyl (C=O) groups is 2. The number of hydrogen-bond acceptors (Lipinski definition) is 3. The van der Waals surface area contributed by atoms with Crippen molar-refractivity contribution in [1.82, 2.24) is 16.2 Å². The molecule has 3 rings (SSSR count). The van der Waals surface area contributed by atoms with E-state index in [2.05, 4.69) is 30.0 Å². The van der Waals surface area contributed by atoms with Crippen LogP contribution in [-0.4, -0.2) is 22.8 Å². The van der Waals surface area contributed by atoms with Gasteiger partial charge in [-0.1, -0.05) is 63.1 Å². The summed E-state index contributed by atoms with van der Waals surface area (Å²) in [4.78, 5) is 24.5. The van der Waals surface area contributed by atoms with Crippen molar-refractivity contribution < 1.29 is 9.59 Å². The van der Waals surface area contributed by atoms with Crippen LogP contribution in [0.3, 0.4) is 0 Å². The van der Waals surface area contributed by atoms with Crippen LogP contribution in [0, 0.1) is 11.8 Å². The number of ketones is 1. The molecule has 2 aromatic carbocycles. The average Bonchev–Trinajstić information content (AvgIpc) is 2.73. The Morgan fingerprint density at radius 1 is 1.00 bits per heavy atom. The Balaban J connectivity index is 1.42. The normalized spacial score (nSPS) is 21.4. The van der Waals surface area contributed by atoms with Crippen molar-refractivity contribution in [1.29, 1.82) is 0 Å². The molecule has 3 N–H and O–H groups in total. The Bertz CT molecular complexity index is 899. The lowest BCUT2D eigenvalue weighted by Crippen LogP contribution is -2.52. The van der Waals surface area contributed by atoms with Crippen molar-refractivity contribution in [2.45, 2.75) is 52.0 Å². The van der Waals surface area contributed by atoms with E-state index in [9.17, 15) is 9.59 Å². The molecule has 0 aliphatic heterocycles. The van der Waals surface area contributed by atoms with E-state index in [1.165, 1.54) is 12.8 Å². The van der Waals surface area contributed by atoms with Gasteiger partial charge in [0.05, 0.1) is 0 Å². The van der Waals surface area contributed by atoms with E-state index < -0.39 is 0 Å². The number of rotatable bonds is 5. The van der Waals surface area contributed by atoms with E-state index in [4.69, 9.17) is 12.2 Å². The summed E-state index contributed by atoms with van der Waals surface area (Å²) in [5.41, 5.74) is 5.98. The van der Waals surface area contributed by atoms with Gasteiger partial charge < -0.3 is 5.32 Å². The van der Waals surface area contributed by atoms with Gasteiger partial charge in [-0.3, -0.25) is 20.4 Å². The van der Waals surface area contributed by atoms with E-state index >= 15 is 0 Å². The summed E-state index contributed by atoms with van der Waals surface area (Å²) in [5, 5.41) is 5.83. The lowest BCUT2D eigenvalue weighted by molar-refractivity contribution is -0.121. The number of hydrogen-bond donors (Lipinski definition) is 3. The zero-order chi connectivity index (χ0) is 20.8. The maximum atomic E-state index is 12.4. The highest BCUT2D eigenvalue weighted by Gasteiger charge is 2.27. The molecule has 0 radical (unpaired) electrons. The Labute approximate surface area is 177 Å². The molecule has 5 nitrogen and oxygen atoms in total. The quantitative estimate of drug-likeness (QED) is 0.392. The van der Waals surface area contributed by atoms with Crippen molar-refractivity contribution in [3.8, 4) is 0 Å². The maximum Gasteiger partial charge on any atom is 0.238 e. The van der Waals surface area contributed by atoms with Gasteiger partial charge in [0.2, 0.25) is 5.91 Å². The first-order valence-electron chi connectivity index (χ1n) is 10.3. The SMILES string of the molecule is C[C@@H]1[C@H](C)CCC[C@@H]1NC(=S)NNC(=O)CCC(=O)c1ccc2ccccc2c1. The molecule has 0 aromatic heterocycles. The van der Waals surface area contributed by atoms with E-state index in [0.717, 1.165) is 17.2 Å². The van der Waals surface area contributed by atoms with Crippen LogP contribution >= 0.6 is 12.2 Å². The summed E-state index contributed by atoms with van der Waals surface area (Å²) in [6.45, 7) is 4.50. The van der Waals surface area contributed by atoms with Crippen molar-refractivity contribution in [3.63, 3.8) is 0 Å². The van der Waals surface area contributed by atoms with Gasteiger partial charge in [0.25, 0.3) is 0 Å². The number of carbonyl (C=O) groups excluding carboxylic acids is 2. The zero-order valence-corrected chi connectivity index (χ0v) is 17.9. The van der Waals surface area contributed by atoms with Crippen LogP contribution < -0.4 is 16.2 Å². The van der Waals surface area contributed by atoms with E-state index in [-0.39, 0.29) is 24.5 Å². The van der Waals surface area contributed by atoms with Gasteiger partial charge in [0, 0.05) is 24.4 Å². The number of hydrazine groups is 1. The smallest absolute Gasteiger partial charge is 0.238 e. The molecule has 154 valence electrons. The molecule has 0 heterocycles. The fourth-order valence-corrected chi connectivity index (χ4v) is 4.12. The highest BCUT2D eigenvalue weighted by molar-refractivity contribution is 7.80. The van der Waals surface area contributed by atoms with Gasteiger partial charge in [-0.05, 0) is 47.3 Å². The molecule has 0 bridgehead atoms. The third-order valence-electron chi connectivity index (χ3n) is 5.99. The van der Waals surface area contributed by atoms with Crippen molar-refractivity contribution in [3.05, 3.63) is 48.0 Å². The fourth-order valence-electron chi connectivity index (χ4n) is 3.91. The molecule has 2 aromatic rings. The van der Waals surface area contributed by atoms with Gasteiger partial charge >= 0.3 is 0 Å². The largest absolute Gasteiger partial charge is 0.358 e. The predicted molar refractivity (Wildman–Crippen MR) is 120 cm³/mol. The third kappa shape index (κ3) is 5.76. The molecule has 1 amide bonds. The Morgan fingerprint density at radius 3 is 2.55 bits per heavy atom. The van der Waals surface area contributed by atoms with Crippen LogP contribution in [0.4, 0.5) is 0 Å². The monoisotopic (exact) mass is 411 g/mol. The second kappa shape index (κ2) is 9.83. The number of benzene rings is 2. The van der Waals surface area contributed by atoms with Gasteiger partial charge in [0.15, 0.2) is 10.9 Å². The fraction of sp³-hybridized carbons (Fsp3) is 0.435. The van der Waals surface area contributed by atoms with Crippen molar-refractivity contribution >= 4 is 39.8 Å². The van der Waals surface area contributed by atoms with Gasteiger partial charge in [-0.25, -0.2) is 0 Å². The van der Waals surface area contributed by atoms with E-state index in [0.29, 0.717) is 28.6 Å². The lowest BCUT2D eigenvalue weighted by atomic mass is 9.78. The molecule has 6 heteroatoms. The topological polar surface area (TPSA) is 70.2 Å². The molecule has 0 spiro atoms. The number of fused-ring (bicyclic) bond motifs is 1. The Morgan fingerprint density at radius 2 is 1.76 bits per heavy atom. The highest BCUT2D eigenvalue weighted by Crippen LogP contribution is 2.29. The summed E-state index contributed by atoms with van der Waals surface area (Å²) in [6.07, 6.45) is 3.79. The van der Waals surface area contributed by atoms with Crippen LogP contribution in [0.1, 0.15) is 56.3 Å². The molecular weight excluding hydrogens is 382 g/mol. The number of amides is 1. The molecule has 0 saturated heterocycles. The van der Waals surface area contributed by atoms with Gasteiger partial charge in [0.1, 0.15) is 0 Å². The standard InChI is InChI=1S/C23H29N3O2S/c1-15-6-5-9-20(16(15)2)24-23(29)26-25-22(28)13-12-21(27)19-11-10-17-7-3-4-8-18(17)14-19/h3-4,7-8,10-11,14-16,20H,5-6,9,12-13H2,1-2H3,(H,25,28)(H2,24,26,29)/t15-,16-,20+/m1/s1. The summed E-state index contributed by atoms with van der Waals surface area (Å²) in [7, 11) is 0. The number of Topliss-reactive ketones (excluding diaryl/α,β-unsaturated/α-hetero) is 1. The summed E-state index contributed by atoms with van der Waals surface area (Å²) < 4.78 is 0. The molecule has 1 fully saturated rings. The van der Waals surface area contributed by atoms with Gasteiger partial charge in [-0.15, -0.1) is 0 Å². The van der Waals surface area contributed by atoms with Crippen LogP contribution in [0.15, 0.2) is 42.5 Å². The second-order valence-corrected chi connectivity index (χ2v) is 8.41. The van der Waals surface area contributed by atoms with E-state index in [1.807, 2.05) is 42.5 Å². The predicted octanol–water partition coefficient (Wildman–Crippen LogP) is 4.12. The lowest BCUT2D eigenvalue weighted by Gasteiger charge is -2.35. The first kappa shape index (κ1) is 21.2.